The van der Waals surface area contributed by atoms with Crippen LogP contribution in [0.3, 0.4) is 0 Å². The summed E-state index contributed by atoms with van der Waals surface area (Å²) in [5, 5.41) is 3.75. The number of rotatable bonds is 9. The fraction of sp³-hybridized carbons (Fsp3) is 0.469. The smallest absolute Gasteiger partial charge is 0.266 e. The maximum absolute atomic E-state index is 13.8. The van der Waals surface area contributed by atoms with E-state index in [2.05, 4.69) is 5.32 Å². The lowest BCUT2D eigenvalue weighted by Gasteiger charge is -2.31. The van der Waals surface area contributed by atoms with Crippen molar-refractivity contribution >= 4 is 52.1 Å². The number of halogens is 2. The fourth-order valence-corrected chi connectivity index (χ4v) is 7.08. The van der Waals surface area contributed by atoms with Crippen molar-refractivity contribution in [1.82, 2.24) is 4.90 Å². The first kappa shape index (κ1) is 30.4. The highest BCUT2D eigenvalue weighted by Crippen LogP contribution is 2.41. The van der Waals surface area contributed by atoms with Crippen LogP contribution in [0.1, 0.15) is 76.7 Å². The van der Waals surface area contributed by atoms with Gasteiger partial charge in [0.1, 0.15) is 5.82 Å². The third kappa shape index (κ3) is 7.67. The topological polar surface area (TPSA) is 80.2 Å². The maximum Gasteiger partial charge on any atom is 0.266 e. The van der Waals surface area contributed by atoms with E-state index in [0.717, 1.165) is 43.7 Å². The number of aliphatic imine (C=N–C) groups is 1. The lowest BCUT2D eigenvalue weighted by atomic mass is 9.94. The molecule has 0 unspecified atom stereocenters. The quantitative estimate of drug-likeness (QED) is 0.292. The number of ether oxygens (including phenoxy) is 2. The summed E-state index contributed by atoms with van der Waals surface area (Å²) in [6.45, 7) is 1.88. The average Bonchev–Trinajstić information content (AvgIpc) is 3.28. The largest absolute Gasteiger partial charge is 0.490 e. The standard InChI is InChI=1S/C32H37ClFN3O4S/c1-2-40-27-18-21(17-26(33)30(27)41-20-29(38)35-24-15-13-22(34)14-16-24)19-28-31(39)37(25-11-7-4-8-12-25)32(42-28)36-23-9-5-3-6-10-23/h13-19,23,25H,2-12,20H2,1H3,(H,35,38). The summed E-state index contributed by atoms with van der Waals surface area (Å²) >= 11 is 8.08. The van der Waals surface area contributed by atoms with E-state index < -0.39 is 5.91 Å². The highest BCUT2D eigenvalue weighted by Gasteiger charge is 2.39. The van der Waals surface area contributed by atoms with Crippen molar-refractivity contribution in [3.63, 3.8) is 0 Å². The second-order valence-corrected chi connectivity index (χ2v) is 12.3. The first-order chi connectivity index (χ1) is 20.4. The van der Waals surface area contributed by atoms with Gasteiger partial charge in [0.2, 0.25) is 0 Å². The van der Waals surface area contributed by atoms with Gasteiger partial charge in [-0.3, -0.25) is 19.5 Å². The van der Waals surface area contributed by atoms with E-state index in [9.17, 15) is 14.0 Å². The zero-order valence-corrected chi connectivity index (χ0v) is 25.4. The molecule has 2 saturated carbocycles. The molecule has 224 valence electrons. The zero-order valence-electron chi connectivity index (χ0n) is 23.9. The minimum Gasteiger partial charge on any atom is -0.490 e. The molecule has 2 aromatic rings. The van der Waals surface area contributed by atoms with Crippen molar-refractivity contribution < 1.29 is 23.5 Å². The van der Waals surface area contributed by atoms with Crippen LogP contribution in [-0.4, -0.2) is 47.2 Å². The zero-order chi connectivity index (χ0) is 29.5. The van der Waals surface area contributed by atoms with E-state index >= 15 is 0 Å². The normalized spacial score (nSPS) is 20.4. The molecule has 1 heterocycles. The molecule has 42 heavy (non-hydrogen) atoms. The molecule has 7 nitrogen and oxygen atoms in total. The second-order valence-electron chi connectivity index (χ2n) is 10.9. The molecule has 2 aromatic carbocycles. The van der Waals surface area contributed by atoms with Crippen LogP contribution in [0.5, 0.6) is 11.5 Å². The molecule has 5 rings (SSSR count). The minimum absolute atomic E-state index is 0.00617. The van der Waals surface area contributed by atoms with Gasteiger partial charge in [0.05, 0.1) is 22.6 Å². The number of amides is 2. The van der Waals surface area contributed by atoms with Crippen LogP contribution in [0.15, 0.2) is 46.3 Å². The predicted octanol–water partition coefficient (Wildman–Crippen LogP) is 7.83. The van der Waals surface area contributed by atoms with Gasteiger partial charge in [-0.15, -0.1) is 0 Å². The van der Waals surface area contributed by atoms with Gasteiger partial charge in [0.15, 0.2) is 23.3 Å². The van der Waals surface area contributed by atoms with E-state index in [-0.39, 0.29) is 41.2 Å². The number of anilines is 1. The molecule has 2 aliphatic carbocycles. The third-order valence-corrected chi connectivity index (χ3v) is 9.03. The van der Waals surface area contributed by atoms with Crippen LogP contribution in [0, 0.1) is 5.82 Å². The van der Waals surface area contributed by atoms with E-state index in [1.807, 2.05) is 17.9 Å². The van der Waals surface area contributed by atoms with E-state index in [1.165, 1.54) is 61.7 Å². The number of nitrogens with zero attached hydrogens (tertiary/aromatic N) is 2. The Morgan fingerprint density at radius 3 is 2.45 bits per heavy atom. The van der Waals surface area contributed by atoms with Crippen molar-refractivity contribution in [2.45, 2.75) is 83.2 Å². The maximum atomic E-state index is 13.8. The third-order valence-electron chi connectivity index (χ3n) is 7.75. The van der Waals surface area contributed by atoms with Crippen molar-refractivity contribution in [3.05, 3.63) is 57.7 Å². The molecule has 2 amide bonds. The Morgan fingerprint density at radius 1 is 1.07 bits per heavy atom. The lowest BCUT2D eigenvalue weighted by Crippen LogP contribution is -2.41. The molecular weight excluding hydrogens is 577 g/mol. The summed E-state index contributed by atoms with van der Waals surface area (Å²) < 4.78 is 24.7. The highest BCUT2D eigenvalue weighted by atomic mass is 35.5. The van der Waals surface area contributed by atoms with Gasteiger partial charge in [-0.25, -0.2) is 4.39 Å². The van der Waals surface area contributed by atoms with Crippen LogP contribution in [0.25, 0.3) is 6.08 Å². The van der Waals surface area contributed by atoms with E-state index in [0.29, 0.717) is 28.5 Å². The van der Waals surface area contributed by atoms with Crippen molar-refractivity contribution in [2.24, 2.45) is 4.99 Å². The average molecular weight is 614 g/mol. The molecular formula is C32H37ClFN3O4S. The molecule has 10 heteroatoms. The molecule has 0 bridgehead atoms. The molecule has 1 N–H and O–H groups in total. The molecule has 3 fully saturated rings. The second kappa shape index (κ2) is 14.4. The summed E-state index contributed by atoms with van der Waals surface area (Å²) in [7, 11) is 0. The van der Waals surface area contributed by atoms with Gasteiger partial charge < -0.3 is 14.8 Å². The van der Waals surface area contributed by atoms with Crippen LogP contribution in [0.4, 0.5) is 10.1 Å². The lowest BCUT2D eigenvalue weighted by molar-refractivity contribution is -0.124. The summed E-state index contributed by atoms with van der Waals surface area (Å²) in [5.41, 5.74) is 1.15. The Kier molecular flexibility index (Phi) is 10.4. The summed E-state index contributed by atoms with van der Waals surface area (Å²) in [5.74, 6) is -0.203. The van der Waals surface area contributed by atoms with E-state index in [1.54, 1.807) is 12.1 Å². The number of carbonyl (C=O) groups is 2. The predicted molar refractivity (Wildman–Crippen MR) is 167 cm³/mol. The van der Waals surface area contributed by atoms with Gasteiger partial charge in [-0.2, -0.15) is 0 Å². The number of amidine groups is 1. The summed E-state index contributed by atoms with van der Waals surface area (Å²) in [6.07, 6.45) is 13.1. The number of hydrogen-bond acceptors (Lipinski definition) is 6. The SMILES string of the molecule is CCOc1cc(C=C2SC(=NC3CCCCC3)N(C3CCCCC3)C2=O)cc(Cl)c1OCC(=O)Nc1ccc(F)cc1. The first-order valence-corrected chi connectivity index (χ1v) is 16.1. The van der Waals surface area contributed by atoms with Crippen LogP contribution in [-0.2, 0) is 9.59 Å². The number of carbonyl (C=O) groups excluding carboxylic acids is 2. The molecule has 0 spiro atoms. The van der Waals surface area contributed by atoms with Gasteiger partial charge in [0, 0.05) is 11.7 Å². The molecule has 3 aliphatic rings. The van der Waals surface area contributed by atoms with Crippen LogP contribution in [0.2, 0.25) is 5.02 Å². The number of benzene rings is 2. The summed E-state index contributed by atoms with van der Waals surface area (Å²) in [6, 6.07) is 9.40. The van der Waals surface area contributed by atoms with Crippen molar-refractivity contribution in [2.75, 3.05) is 18.5 Å². The number of hydrogen-bond donors (Lipinski definition) is 1. The Hall–Kier alpha value is -3.04. The Balaban J connectivity index is 1.35. The number of nitrogens with one attached hydrogen (secondary N) is 1. The van der Waals surface area contributed by atoms with Crippen LogP contribution >= 0.6 is 23.4 Å². The van der Waals surface area contributed by atoms with Crippen LogP contribution < -0.4 is 14.8 Å². The highest BCUT2D eigenvalue weighted by molar-refractivity contribution is 8.18. The van der Waals surface area contributed by atoms with Gasteiger partial charge in [-0.05, 0) is 92.4 Å². The van der Waals surface area contributed by atoms with Crippen molar-refractivity contribution in [1.29, 1.82) is 0 Å². The minimum atomic E-state index is -0.424. The van der Waals surface area contributed by atoms with Gasteiger partial charge in [-0.1, -0.05) is 50.1 Å². The van der Waals surface area contributed by atoms with Gasteiger partial charge >= 0.3 is 0 Å². The van der Waals surface area contributed by atoms with E-state index in [4.69, 9.17) is 26.1 Å². The Bertz CT molecular complexity index is 1340. The first-order valence-electron chi connectivity index (χ1n) is 14.9. The Morgan fingerprint density at radius 2 is 1.76 bits per heavy atom. The van der Waals surface area contributed by atoms with Gasteiger partial charge in [0.25, 0.3) is 11.8 Å². The molecule has 0 atom stereocenters. The molecule has 1 aliphatic heterocycles. The van der Waals surface area contributed by atoms with Crippen molar-refractivity contribution in [3.8, 4) is 11.5 Å². The Labute approximate surface area is 255 Å². The molecule has 0 radical (unpaired) electrons. The molecule has 0 aromatic heterocycles. The fourth-order valence-electron chi connectivity index (χ4n) is 5.70. The number of thioether (sulfide) groups is 1. The summed E-state index contributed by atoms with van der Waals surface area (Å²) in [4.78, 5) is 33.9. The monoisotopic (exact) mass is 613 g/mol. The molecule has 1 saturated heterocycles.